The second kappa shape index (κ2) is 5.82. The van der Waals surface area contributed by atoms with Crippen LogP contribution in [0.15, 0.2) is 6.20 Å². The highest BCUT2D eigenvalue weighted by molar-refractivity contribution is 4.99. The first kappa shape index (κ1) is 12.1. The zero-order valence-electron chi connectivity index (χ0n) is 9.85. The molecule has 0 aliphatic heterocycles. The maximum Gasteiger partial charge on any atom is 0.0994 e. The number of hydrogen-bond donors (Lipinski definition) is 1. The van der Waals surface area contributed by atoms with Crippen molar-refractivity contribution in [1.82, 2.24) is 19.9 Å². The third-order valence-electron chi connectivity index (χ3n) is 2.31. The molecule has 0 aliphatic carbocycles. The predicted octanol–water partition coefficient (Wildman–Crippen LogP) is 0.640. The van der Waals surface area contributed by atoms with E-state index >= 15 is 0 Å². The number of nitrogens with two attached hydrogens (primary N) is 1. The van der Waals surface area contributed by atoms with Crippen LogP contribution in [-0.2, 0) is 6.54 Å². The summed E-state index contributed by atoms with van der Waals surface area (Å²) in [7, 11) is 4.08. The van der Waals surface area contributed by atoms with Gasteiger partial charge in [0.1, 0.15) is 0 Å². The minimum Gasteiger partial charge on any atom is -0.323 e. The average molecular weight is 211 g/mol. The van der Waals surface area contributed by atoms with Gasteiger partial charge in [0, 0.05) is 6.54 Å². The van der Waals surface area contributed by atoms with Gasteiger partial charge in [-0.2, -0.15) is 0 Å². The molecule has 0 saturated carbocycles. The summed E-state index contributed by atoms with van der Waals surface area (Å²) in [6.45, 7) is 3.95. The largest absolute Gasteiger partial charge is 0.323 e. The van der Waals surface area contributed by atoms with Crippen LogP contribution in [0, 0.1) is 0 Å². The Morgan fingerprint density at radius 1 is 1.53 bits per heavy atom. The summed E-state index contributed by atoms with van der Waals surface area (Å²) in [6, 6.07) is 0.0307. The molecule has 0 aromatic carbocycles. The van der Waals surface area contributed by atoms with Gasteiger partial charge in [-0.15, -0.1) is 5.10 Å². The van der Waals surface area contributed by atoms with E-state index in [1.165, 1.54) is 0 Å². The molecule has 1 rings (SSSR count). The zero-order chi connectivity index (χ0) is 11.3. The minimum absolute atomic E-state index is 0.0307. The number of rotatable bonds is 6. The third kappa shape index (κ3) is 3.97. The zero-order valence-corrected chi connectivity index (χ0v) is 9.85. The third-order valence-corrected chi connectivity index (χ3v) is 2.31. The van der Waals surface area contributed by atoms with Gasteiger partial charge in [0.05, 0.1) is 24.5 Å². The number of aromatic nitrogens is 3. The summed E-state index contributed by atoms with van der Waals surface area (Å²) < 4.78 is 1.85. The molecular formula is C10H21N5. The minimum atomic E-state index is 0.0307. The van der Waals surface area contributed by atoms with Crippen molar-refractivity contribution in [2.24, 2.45) is 5.73 Å². The fourth-order valence-corrected chi connectivity index (χ4v) is 1.35. The SMILES string of the molecule is CCCC(N)c1cn(CCN(C)C)nn1. The number of nitrogens with zero attached hydrogens (tertiary/aromatic N) is 4. The Morgan fingerprint density at radius 2 is 2.27 bits per heavy atom. The molecule has 0 fully saturated rings. The topological polar surface area (TPSA) is 60.0 Å². The highest BCUT2D eigenvalue weighted by atomic mass is 15.4. The van der Waals surface area contributed by atoms with E-state index in [1.807, 2.05) is 25.0 Å². The summed E-state index contributed by atoms with van der Waals surface area (Å²) in [5.41, 5.74) is 6.85. The molecule has 15 heavy (non-hydrogen) atoms. The van der Waals surface area contributed by atoms with Crippen LogP contribution in [0.1, 0.15) is 31.5 Å². The fraction of sp³-hybridized carbons (Fsp3) is 0.800. The molecule has 0 amide bonds. The lowest BCUT2D eigenvalue weighted by Crippen LogP contribution is -2.18. The van der Waals surface area contributed by atoms with Crippen LogP contribution in [0.3, 0.4) is 0 Å². The van der Waals surface area contributed by atoms with E-state index in [2.05, 4.69) is 22.1 Å². The normalized spacial score (nSPS) is 13.4. The van der Waals surface area contributed by atoms with E-state index < -0.39 is 0 Å². The summed E-state index contributed by atoms with van der Waals surface area (Å²) in [6.07, 6.45) is 3.99. The lowest BCUT2D eigenvalue weighted by Gasteiger charge is -2.08. The van der Waals surface area contributed by atoms with E-state index in [0.717, 1.165) is 31.6 Å². The van der Waals surface area contributed by atoms with Crippen molar-refractivity contribution >= 4 is 0 Å². The van der Waals surface area contributed by atoms with Crippen molar-refractivity contribution in [2.45, 2.75) is 32.4 Å². The standard InChI is InChI=1S/C10H21N5/c1-4-5-9(11)10-8-15(13-12-10)7-6-14(2)3/h8-9H,4-7,11H2,1-3H3. The van der Waals surface area contributed by atoms with Crippen molar-refractivity contribution in [3.05, 3.63) is 11.9 Å². The van der Waals surface area contributed by atoms with Crippen LogP contribution in [0.5, 0.6) is 0 Å². The van der Waals surface area contributed by atoms with Crippen LogP contribution in [-0.4, -0.2) is 40.5 Å². The van der Waals surface area contributed by atoms with Gasteiger partial charge in [0.25, 0.3) is 0 Å². The predicted molar refractivity (Wildman–Crippen MR) is 60.4 cm³/mol. The molecule has 5 nitrogen and oxygen atoms in total. The molecule has 0 aliphatic rings. The first-order valence-corrected chi connectivity index (χ1v) is 5.43. The van der Waals surface area contributed by atoms with Crippen LogP contribution in [0.2, 0.25) is 0 Å². The van der Waals surface area contributed by atoms with Crippen LogP contribution >= 0.6 is 0 Å². The van der Waals surface area contributed by atoms with Gasteiger partial charge in [-0.1, -0.05) is 18.6 Å². The van der Waals surface area contributed by atoms with E-state index in [1.54, 1.807) is 0 Å². The van der Waals surface area contributed by atoms with Crippen molar-refractivity contribution in [3.63, 3.8) is 0 Å². The molecule has 0 bridgehead atoms. The van der Waals surface area contributed by atoms with Gasteiger partial charge in [-0.05, 0) is 20.5 Å². The molecule has 1 aromatic rings. The Hall–Kier alpha value is -0.940. The van der Waals surface area contributed by atoms with Gasteiger partial charge in [-0.25, -0.2) is 0 Å². The van der Waals surface area contributed by atoms with Gasteiger partial charge >= 0.3 is 0 Å². The maximum atomic E-state index is 5.95. The summed E-state index contributed by atoms with van der Waals surface area (Å²) in [5.74, 6) is 0. The van der Waals surface area contributed by atoms with Gasteiger partial charge in [0.15, 0.2) is 0 Å². The number of likely N-dealkylation sites (N-methyl/N-ethyl adjacent to an activating group) is 1. The van der Waals surface area contributed by atoms with Crippen LogP contribution < -0.4 is 5.73 Å². The second-order valence-electron chi connectivity index (χ2n) is 4.10. The van der Waals surface area contributed by atoms with E-state index in [0.29, 0.717) is 0 Å². The molecule has 86 valence electrons. The Labute approximate surface area is 91.2 Å². The smallest absolute Gasteiger partial charge is 0.0994 e. The maximum absolute atomic E-state index is 5.95. The van der Waals surface area contributed by atoms with Crippen molar-refractivity contribution in [1.29, 1.82) is 0 Å². The lowest BCUT2D eigenvalue weighted by atomic mass is 10.1. The number of hydrogen-bond acceptors (Lipinski definition) is 4. The van der Waals surface area contributed by atoms with Crippen LogP contribution in [0.25, 0.3) is 0 Å². The summed E-state index contributed by atoms with van der Waals surface area (Å²) >= 11 is 0. The average Bonchev–Trinajstić information content (AvgIpc) is 2.63. The first-order valence-electron chi connectivity index (χ1n) is 5.43. The quantitative estimate of drug-likeness (QED) is 0.750. The van der Waals surface area contributed by atoms with Crippen molar-refractivity contribution < 1.29 is 0 Å². The van der Waals surface area contributed by atoms with Crippen molar-refractivity contribution in [3.8, 4) is 0 Å². The van der Waals surface area contributed by atoms with Gasteiger partial charge < -0.3 is 10.6 Å². The Balaban J connectivity index is 2.48. The van der Waals surface area contributed by atoms with Crippen molar-refractivity contribution in [2.75, 3.05) is 20.6 Å². The fourth-order valence-electron chi connectivity index (χ4n) is 1.35. The van der Waals surface area contributed by atoms with E-state index in [-0.39, 0.29) is 6.04 Å². The molecule has 1 heterocycles. The molecule has 1 aromatic heterocycles. The molecule has 5 heteroatoms. The molecule has 0 saturated heterocycles. The molecule has 0 radical (unpaired) electrons. The highest BCUT2D eigenvalue weighted by Crippen LogP contribution is 2.11. The summed E-state index contributed by atoms with van der Waals surface area (Å²) in [4.78, 5) is 2.12. The molecule has 1 unspecified atom stereocenters. The Bertz CT molecular complexity index is 281. The first-order chi connectivity index (χ1) is 7.13. The Morgan fingerprint density at radius 3 is 2.87 bits per heavy atom. The molecular weight excluding hydrogens is 190 g/mol. The lowest BCUT2D eigenvalue weighted by molar-refractivity contribution is 0.370. The van der Waals surface area contributed by atoms with Gasteiger partial charge in [-0.3, -0.25) is 4.68 Å². The Kier molecular flexibility index (Phi) is 4.71. The van der Waals surface area contributed by atoms with Crippen LogP contribution in [0.4, 0.5) is 0 Å². The monoisotopic (exact) mass is 211 g/mol. The molecule has 0 spiro atoms. The molecule has 1 atom stereocenters. The second-order valence-corrected chi connectivity index (χ2v) is 4.10. The van der Waals surface area contributed by atoms with E-state index in [4.69, 9.17) is 5.73 Å². The molecule has 2 N–H and O–H groups in total. The van der Waals surface area contributed by atoms with E-state index in [9.17, 15) is 0 Å². The van der Waals surface area contributed by atoms with Gasteiger partial charge in [0.2, 0.25) is 0 Å². The highest BCUT2D eigenvalue weighted by Gasteiger charge is 2.09. The summed E-state index contributed by atoms with van der Waals surface area (Å²) in [5, 5.41) is 8.13.